The van der Waals surface area contributed by atoms with Gasteiger partial charge >= 0.3 is 0 Å². The highest BCUT2D eigenvalue weighted by atomic mass is 32.2. The number of nitrogens with two attached hydrogens (primary N) is 1. The van der Waals surface area contributed by atoms with Crippen LogP contribution in [0, 0.1) is 0 Å². The maximum atomic E-state index is 12.1. The second-order valence-corrected chi connectivity index (χ2v) is 8.44. The number of rotatable bonds is 5. The van der Waals surface area contributed by atoms with E-state index in [1.807, 2.05) is 29.2 Å². The second-order valence-electron chi connectivity index (χ2n) is 5.09. The summed E-state index contributed by atoms with van der Waals surface area (Å²) in [5.74, 6) is 2.25. The van der Waals surface area contributed by atoms with Crippen LogP contribution in [0.2, 0.25) is 0 Å². The van der Waals surface area contributed by atoms with Crippen LogP contribution in [0.5, 0.6) is 5.75 Å². The molecular formula is C14H22N2O3S2. The van der Waals surface area contributed by atoms with Crippen molar-refractivity contribution in [2.75, 3.05) is 38.0 Å². The van der Waals surface area contributed by atoms with E-state index in [1.54, 1.807) is 18.9 Å². The fourth-order valence-corrected chi connectivity index (χ4v) is 5.62. The number of para-hydroxylation sites is 1. The lowest BCUT2D eigenvalue weighted by molar-refractivity contribution is 0.194. The monoisotopic (exact) mass is 330 g/mol. The first-order valence-corrected chi connectivity index (χ1v) is 9.95. The molecular weight excluding hydrogens is 308 g/mol. The minimum Gasteiger partial charge on any atom is -0.496 e. The van der Waals surface area contributed by atoms with Crippen molar-refractivity contribution in [3.63, 3.8) is 0 Å². The number of benzene rings is 1. The van der Waals surface area contributed by atoms with Gasteiger partial charge in [0.2, 0.25) is 0 Å². The molecule has 1 aliphatic rings. The molecule has 0 saturated carbocycles. The van der Waals surface area contributed by atoms with Gasteiger partial charge < -0.3 is 10.5 Å². The predicted molar refractivity (Wildman–Crippen MR) is 87.5 cm³/mol. The van der Waals surface area contributed by atoms with Crippen molar-refractivity contribution in [2.45, 2.75) is 11.4 Å². The summed E-state index contributed by atoms with van der Waals surface area (Å²) in [5, 5.41) is -0.491. The average molecular weight is 330 g/mol. The van der Waals surface area contributed by atoms with E-state index in [0.717, 1.165) is 17.1 Å². The summed E-state index contributed by atoms with van der Waals surface area (Å²) in [5.41, 5.74) is 6.91. The number of thioether (sulfide) groups is 1. The summed E-state index contributed by atoms with van der Waals surface area (Å²) in [6, 6.07) is 7.51. The molecule has 0 aromatic heterocycles. The van der Waals surface area contributed by atoms with Gasteiger partial charge in [-0.2, -0.15) is 11.8 Å². The van der Waals surface area contributed by atoms with Crippen molar-refractivity contribution in [1.82, 2.24) is 4.90 Å². The van der Waals surface area contributed by atoms with Crippen molar-refractivity contribution in [3.05, 3.63) is 29.8 Å². The summed E-state index contributed by atoms with van der Waals surface area (Å²) >= 11 is 1.67. The van der Waals surface area contributed by atoms with E-state index in [1.165, 1.54) is 6.26 Å². The highest BCUT2D eigenvalue weighted by Gasteiger charge is 2.36. The molecule has 1 saturated heterocycles. The van der Waals surface area contributed by atoms with E-state index >= 15 is 0 Å². The molecule has 5 nitrogen and oxygen atoms in total. The van der Waals surface area contributed by atoms with Gasteiger partial charge in [-0.1, -0.05) is 18.2 Å². The van der Waals surface area contributed by atoms with E-state index in [9.17, 15) is 8.42 Å². The number of sulfone groups is 1. The number of hydrogen-bond acceptors (Lipinski definition) is 6. The van der Waals surface area contributed by atoms with Crippen LogP contribution in [-0.4, -0.2) is 56.7 Å². The zero-order valence-corrected chi connectivity index (χ0v) is 14.0. The first-order valence-electron chi connectivity index (χ1n) is 6.84. The van der Waals surface area contributed by atoms with Crippen molar-refractivity contribution in [1.29, 1.82) is 0 Å². The molecule has 0 aliphatic carbocycles. The fourth-order valence-electron chi connectivity index (χ4n) is 2.70. The van der Waals surface area contributed by atoms with Crippen LogP contribution in [-0.2, 0) is 9.84 Å². The van der Waals surface area contributed by atoms with Crippen LogP contribution in [0.25, 0.3) is 0 Å². The minimum absolute atomic E-state index is 0.151. The number of nitrogens with zero attached hydrogens (tertiary/aromatic N) is 1. The second kappa shape index (κ2) is 7.00. The summed E-state index contributed by atoms with van der Waals surface area (Å²) in [7, 11) is -1.53. The van der Waals surface area contributed by atoms with Gasteiger partial charge in [0.15, 0.2) is 9.84 Å². The van der Waals surface area contributed by atoms with Crippen LogP contribution >= 0.6 is 11.8 Å². The molecule has 1 aromatic rings. The van der Waals surface area contributed by atoms with Gasteiger partial charge in [-0.25, -0.2) is 8.42 Å². The van der Waals surface area contributed by atoms with E-state index in [0.29, 0.717) is 18.8 Å². The Balaban J connectivity index is 2.39. The molecule has 21 heavy (non-hydrogen) atoms. The van der Waals surface area contributed by atoms with E-state index in [4.69, 9.17) is 10.5 Å². The molecule has 0 spiro atoms. The number of methoxy groups -OCH3 is 1. The molecule has 118 valence electrons. The Kier molecular flexibility index (Phi) is 5.54. The third-order valence-corrected chi connectivity index (χ3v) is 6.40. The molecule has 0 bridgehead atoms. The molecule has 2 unspecified atom stereocenters. The topological polar surface area (TPSA) is 72.6 Å². The van der Waals surface area contributed by atoms with E-state index in [2.05, 4.69) is 0 Å². The SMILES string of the molecule is COc1ccccc1C(CN)N1CCSCC1S(C)(=O)=O. The molecule has 1 heterocycles. The smallest absolute Gasteiger partial charge is 0.164 e. The van der Waals surface area contributed by atoms with Gasteiger partial charge in [0.05, 0.1) is 13.2 Å². The maximum absolute atomic E-state index is 12.1. The van der Waals surface area contributed by atoms with Gasteiger partial charge in [-0.15, -0.1) is 0 Å². The fraction of sp³-hybridized carbons (Fsp3) is 0.571. The third-order valence-electron chi connectivity index (χ3n) is 3.74. The summed E-state index contributed by atoms with van der Waals surface area (Å²) in [6.07, 6.45) is 1.30. The Morgan fingerprint density at radius 2 is 2.19 bits per heavy atom. The lowest BCUT2D eigenvalue weighted by atomic mass is 10.0. The Labute approximate surface area is 130 Å². The van der Waals surface area contributed by atoms with Crippen molar-refractivity contribution < 1.29 is 13.2 Å². The normalized spacial score (nSPS) is 22.0. The first kappa shape index (κ1) is 16.6. The lowest BCUT2D eigenvalue weighted by Crippen LogP contribution is -2.50. The zero-order chi connectivity index (χ0) is 15.5. The van der Waals surface area contributed by atoms with Crippen molar-refractivity contribution >= 4 is 21.6 Å². The van der Waals surface area contributed by atoms with Gasteiger partial charge in [0, 0.05) is 36.4 Å². The molecule has 1 aromatic carbocycles. The van der Waals surface area contributed by atoms with Gasteiger partial charge in [-0.05, 0) is 6.07 Å². The highest BCUT2D eigenvalue weighted by molar-refractivity contribution is 8.00. The highest BCUT2D eigenvalue weighted by Crippen LogP contribution is 2.33. The quantitative estimate of drug-likeness (QED) is 0.872. The van der Waals surface area contributed by atoms with Crippen LogP contribution in [0.4, 0.5) is 0 Å². The van der Waals surface area contributed by atoms with Gasteiger partial charge in [0.25, 0.3) is 0 Å². The minimum atomic E-state index is -3.15. The Bertz CT molecular complexity index is 577. The van der Waals surface area contributed by atoms with Crippen molar-refractivity contribution in [2.24, 2.45) is 5.73 Å². The predicted octanol–water partition coefficient (Wildman–Crippen LogP) is 1.11. The largest absolute Gasteiger partial charge is 0.496 e. The van der Waals surface area contributed by atoms with Gasteiger partial charge in [0.1, 0.15) is 11.1 Å². The first-order chi connectivity index (χ1) is 9.99. The summed E-state index contributed by atoms with van der Waals surface area (Å²) in [4.78, 5) is 2.00. The van der Waals surface area contributed by atoms with Crippen LogP contribution < -0.4 is 10.5 Å². The molecule has 7 heteroatoms. The van der Waals surface area contributed by atoms with E-state index in [-0.39, 0.29) is 6.04 Å². The Hall–Kier alpha value is -0.760. The number of ether oxygens (including phenoxy) is 1. The lowest BCUT2D eigenvalue weighted by Gasteiger charge is -2.39. The average Bonchev–Trinajstić information content (AvgIpc) is 2.48. The van der Waals surface area contributed by atoms with Crippen LogP contribution in [0.1, 0.15) is 11.6 Å². The van der Waals surface area contributed by atoms with Crippen LogP contribution in [0.15, 0.2) is 24.3 Å². The molecule has 2 N–H and O–H groups in total. The zero-order valence-electron chi connectivity index (χ0n) is 12.4. The Morgan fingerprint density at radius 3 is 2.81 bits per heavy atom. The molecule has 2 rings (SSSR count). The molecule has 0 radical (unpaired) electrons. The molecule has 1 aliphatic heterocycles. The summed E-state index contributed by atoms with van der Waals surface area (Å²) in [6.45, 7) is 1.07. The Morgan fingerprint density at radius 1 is 1.48 bits per heavy atom. The van der Waals surface area contributed by atoms with E-state index < -0.39 is 15.2 Å². The summed E-state index contributed by atoms with van der Waals surface area (Å²) < 4.78 is 29.6. The van der Waals surface area contributed by atoms with Crippen molar-refractivity contribution in [3.8, 4) is 5.75 Å². The maximum Gasteiger partial charge on any atom is 0.164 e. The molecule has 2 atom stereocenters. The van der Waals surface area contributed by atoms with Crippen LogP contribution in [0.3, 0.4) is 0 Å². The van der Waals surface area contributed by atoms with Gasteiger partial charge in [-0.3, -0.25) is 4.90 Å². The number of hydrogen-bond donors (Lipinski definition) is 1. The molecule has 0 amide bonds. The standard InChI is InChI=1S/C14H22N2O3S2/c1-19-13-6-4-3-5-11(13)12(9-15)16-7-8-20-10-14(16)21(2,17)18/h3-6,12,14H,7-10,15H2,1-2H3. The third kappa shape index (κ3) is 3.71. The molecule has 1 fully saturated rings.